The highest BCUT2D eigenvalue weighted by molar-refractivity contribution is 6.07. The fourth-order valence-electron chi connectivity index (χ4n) is 3.91. The fraction of sp³-hybridized carbons (Fsp3) is 0.391. The van der Waals surface area contributed by atoms with Crippen LogP contribution in [0, 0.1) is 6.92 Å². The molecule has 0 saturated carbocycles. The Hall–Kier alpha value is -3.66. The monoisotopic (exact) mass is 453 g/mol. The number of carbonyl (C=O) groups is 2. The number of benzene rings is 1. The zero-order valence-corrected chi connectivity index (χ0v) is 19.0. The normalized spacial score (nSPS) is 14.3. The fourth-order valence-corrected chi connectivity index (χ4v) is 3.91. The summed E-state index contributed by atoms with van der Waals surface area (Å²) in [6.07, 6.45) is 1.43. The standard InChI is InChI=1S/C23H27N5O5/c1-4-32-23(30)19-15(2)33-22-20(19)21(24-14-25-22)28-11-9-27(10-12-28)13-18(29)26-16-5-7-17(31-3)8-6-16/h5-8,14H,4,9-13H2,1-3H3,(H,26,29). The summed E-state index contributed by atoms with van der Waals surface area (Å²) < 4.78 is 16.0. The number of hydrogen-bond acceptors (Lipinski definition) is 9. The van der Waals surface area contributed by atoms with Crippen molar-refractivity contribution in [3.63, 3.8) is 0 Å². The van der Waals surface area contributed by atoms with E-state index < -0.39 is 5.97 Å². The molecule has 10 heteroatoms. The Labute approximate surface area is 191 Å². The number of aromatic nitrogens is 2. The lowest BCUT2D eigenvalue weighted by molar-refractivity contribution is -0.117. The molecule has 0 atom stereocenters. The average molecular weight is 453 g/mol. The lowest BCUT2D eigenvalue weighted by Gasteiger charge is -2.35. The highest BCUT2D eigenvalue weighted by Crippen LogP contribution is 2.32. The first-order valence-electron chi connectivity index (χ1n) is 10.8. The number of methoxy groups -OCH3 is 1. The largest absolute Gasteiger partial charge is 0.497 e. The van der Waals surface area contributed by atoms with Gasteiger partial charge in [-0.2, -0.15) is 0 Å². The Morgan fingerprint density at radius 3 is 2.52 bits per heavy atom. The van der Waals surface area contributed by atoms with Crippen LogP contribution in [0.5, 0.6) is 5.75 Å². The van der Waals surface area contributed by atoms with Crippen molar-refractivity contribution in [1.82, 2.24) is 14.9 Å². The molecule has 1 fully saturated rings. The van der Waals surface area contributed by atoms with Gasteiger partial charge < -0.3 is 24.1 Å². The van der Waals surface area contributed by atoms with Crippen molar-refractivity contribution in [1.29, 1.82) is 0 Å². The number of nitrogens with zero attached hydrogens (tertiary/aromatic N) is 4. The number of nitrogens with one attached hydrogen (secondary N) is 1. The Bertz CT molecular complexity index is 1140. The molecule has 174 valence electrons. The van der Waals surface area contributed by atoms with Crippen molar-refractivity contribution in [3.8, 4) is 5.75 Å². The highest BCUT2D eigenvalue weighted by Gasteiger charge is 2.28. The number of ether oxygens (including phenoxy) is 2. The van der Waals surface area contributed by atoms with Gasteiger partial charge in [-0.3, -0.25) is 9.69 Å². The van der Waals surface area contributed by atoms with Crippen LogP contribution in [0.3, 0.4) is 0 Å². The van der Waals surface area contributed by atoms with E-state index in [2.05, 4.69) is 25.1 Å². The van der Waals surface area contributed by atoms with Gasteiger partial charge in [0.15, 0.2) is 0 Å². The lowest BCUT2D eigenvalue weighted by Crippen LogP contribution is -2.49. The van der Waals surface area contributed by atoms with Crippen LogP contribution in [0.25, 0.3) is 11.1 Å². The van der Waals surface area contributed by atoms with Crippen LogP contribution in [0.4, 0.5) is 11.5 Å². The number of rotatable bonds is 7. The summed E-state index contributed by atoms with van der Waals surface area (Å²) in [5, 5.41) is 3.48. The summed E-state index contributed by atoms with van der Waals surface area (Å²) >= 11 is 0. The van der Waals surface area contributed by atoms with Crippen molar-refractivity contribution in [2.24, 2.45) is 0 Å². The van der Waals surface area contributed by atoms with Gasteiger partial charge in [0.05, 0.1) is 25.6 Å². The molecule has 1 amide bonds. The van der Waals surface area contributed by atoms with Gasteiger partial charge in [0, 0.05) is 31.9 Å². The molecule has 1 saturated heterocycles. The average Bonchev–Trinajstić information content (AvgIpc) is 3.16. The van der Waals surface area contributed by atoms with Gasteiger partial charge in [0.1, 0.15) is 29.2 Å². The molecule has 0 radical (unpaired) electrons. The molecule has 0 bridgehead atoms. The minimum atomic E-state index is -0.446. The first kappa shape index (κ1) is 22.5. The van der Waals surface area contributed by atoms with E-state index in [1.54, 1.807) is 33.1 Å². The van der Waals surface area contributed by atoms with Crippen LogP contribution in [0.1, 0.15) is 23.0 Å². The number of anilines is 2. The first-order valence-corrected chi connectivity index (χ1v) is 10.8. The van der Waals surface area contributed by atoms with Crippen LogP contribution < -0.4 is 15.0 Å². The van der Waals surface area contributed by atoms with E-state index in [9.17, 15) is 9.59 Å². The van der Waals surface area contributed by atoms with Crippen LogP contribution in [0.2, 0.25) is 0 Å². The highest BCUT2D eigenvalue weighted by atomic mass is 16.5. The third-order valence-corrected chi connectivity index (χ3v) is 5.54. The van der Waals surface area contributed by atoms with E-state index in [1.165, 1.54) is 6.33 Å². The number of hydrogen-bond donors (Lipinski definition) is 1. The summed E-state index contributed by atoms with van der Waals surface area (Å²) in [5.74, 6) is 1.31. The van der Waals surface area contributed by atoms with Gasteiger partial charge in [0.2, 0.25) is 11.6 Å². The number of esters is 1. The molecule has 10 nitrogen and oxygen atoms in total. The SMILES string of the molecule is CCOC(=O)c1c(C)oc2ncnc(N3CCN(CC(=O)Nc4ccc(OC)cc4)CC3)c12. The summed E-state index contributed by atoms with van der Waals surface area (Å²) in [7, 11) is 1.60. The third-order valence-electron chi connectivity index (χ3n) is 5.54. The number of piperazine rings is 1. The van der Waals surface area contributed by atoms with Crippen molar-refractivity contribution in [2.45, 2.75) is 13.8 Å². The number of carbonyl (C=O) groups excluding carboxylic acids is 2. The van der Waals surface area contributed by atoms with Gasteiger partial charge in [-0.1, -0.05) is 0 Å². The summed E-state index contributed by atoms with van der Waals surface area (Å²) in [4.78, 5) is 37.8. The number of furan rings is 1. The quantitative estimate of drug-likeness (QED) is 0.540. The topological polar surface area (TPSA) is 110 Å². The number of fused-ring (bicyclic) bond motifs is 1. The molecule has 3 aromatic rings. The van der Waals surface area contributed by atoms with Crippen molar-refractivity contribution in [3.05, 3.63) is 41.9 Å². The van der Waals surface area contributed by atoms with Crippen molar-refractivity contribution in [2.75, 3.05) is 56.7 Å². The summed E-state index contributed by atoms with van der Waals surface area (Å²) in [6.45, 7) is 6.68. The van der Waals surface area contributed by atoms with Crippen LogP contribution in [0.15, 0.2) is 35.0 Å². The van der Waals surface area contributed by atoms with Gasteiger partial charge >= 0.3 is 5.97 Å². The molecule has 0 aliphatic carbocycles. The Morgan fingerprint density at radius 1 is 1.12 bits per heavy atom. The molecule has 4 rings (SSSR count). The Balaban J connectivity index is 1.41. The van der Waals surface area contributed by atoms with Gasteiger partial charge in [0.25, 0.3) is 0 Å². The van der Waals surface area contributed by atoms with Crippen LogP contribution >= 0.6 is 0 Å². The minimum Gasteiger partial charge on any atom is -0.497 e. The number of amides is 1. The first-order chi connectivity index (χ1) is 16.0. The van der Waals surface area contributed by atoms with Crippen molar-refractivity contribution >= 4 is 34.5 Å². The molecule has 33 heavy (non-hydrogen) atoms. The van der Waals surface area contributed by atoms with E-state index >= 15 is 0 Å². The molecule has 3 heterocycles. The van der Waals surface area contributed by atoms with Crippen LogP contribution in [-0.2, 0) is 9.53 Å². The maximum Gasteiger partial charge on any atom is 0.342 e. The maximum absolute atomic E-state index is 12.5. The maximum atomic E-state index is 12.5. The molecule has 2 aromatic heterocycles. The lowest BCUT2D eigenvalue weighted by atomic mass is 10.1. The predicted molar refractivity (Wildman–Crippen MR) is 123 cm³/mol. The smallest absolute Gasteiger partial charge is 0.342 e. The summed E-state index contributed by atoms with van der Waals surface area (Å²) in [5.41, 5.74) is 1.45. The van der Waals surface area contributed by atoms with Crippen molar-refractivity contribution < 1.29 is 23.5 Å². The minimum absolute atomic E-state index is 0.0758. The summed E-state index contributed by atoms with van der Waals surface area (Å²) in [6, 6.07) is 7.23. The zero-order chi connectivity index (χ0) is 23.4. The molecular formula is C23H27N5O5. The van der Waals surface area contributed by atoms with E-state index in [0.29, 0.717) is 54.4 Å². The Kier molecular flexibility index (Phi) is 6.74. The number of aryl methyl sites for hydroxylation is 1. The molecule has 1 aromatic carbocycles. The van der Waals surface area contributed by atoms with E-state index in [4.69, 9.17) is 13.9 Å². The van der Waals surface area contributed by atoms with Gasteiger partial charge in [-0.15, -0.1) is 0 Å². The van der Waals surface area contributed by atoms with E-state index in [1.807, 2.05) is 12.1 Å². The molecule has 1 aliphatic rings. The second-order valence-electron chi connectivity index (χ2n) is 7.67. The molecular weight excluding hydrogens is 426 g/mol. The molecule has 0 spiro atoms. The molecule has 1 aliphatic heterocycles. The van der Waals surface area contributed by atoms with E-state index in [-0.39, 0.29) is 19.1 Å². The second kappa shape index (κ2) is 9.86. The van der Waals surface area contributed by atoms with Gasteiger partial charge in [-0.25, -0.2) is 14.8 Å². The Morgan fingerprint density at radius 2 is 1.85 bits per heavy atom. The van der Waals surface area contributed by atoms with Gasteiger partial charge in [-0.05, 0) is 38.1 Å². The third kappa shape index (κ3) is 4.90. The van der Waals surface area contributed by atoms with E-state index in [0.717, 1.165) is 11.4 Å². The second-order valence-corrected chi connectivity index (χ2v) is 7.67. The predicted octanol–water partition coefficient (Wildman–Crippen LogP) is 2.48. The zero-order valence-electron chi connectivity index (χ0n) is 19.0. The van der Waals surface area contributed by atoms with Crippen LogP contribution in [-0.4, -0.2) is 73.2 Å². The molecule has 0 unspecified atom stereocenters. The molecule has 1 N–H and O–H groups in total.